The Balaban J connectivity index is 1.97. The Bertz CT molecular complexity index is 169. The van der Waals surface area contributed by atoms with Crippen LogP contribution in [-0.2, 0) is 0 Å². The maximum absolute atomic E-state index is 2.50. The van der Waals surface area contributed by atoms with E-state index >= 15 is 0 Å². The van der Waals surface area contributed by atoms with Gasteiger partial charge in [0.05, 0.1) is 0 Å². The summed E-state index contributed by atoms with van der Waals surface area (Å²) in [4.78, 5) is 0. The summed E-state index contributed by atoms with van der Waals surface area (Å²) in [6.07, 6.45) is 13.6. The van der Waals surface area contributed by atoms with Crippen LogP contribution < -0.4 is 0 Å². The van der Waals surface area contributed by atoms with Crippen molar-refractivity contribution in [1.82, 2.24) is 0 Å². The zero-order valence-electron chi connectivity index (χ0n) is 8.13. The minimum atomic E-state index is 0.956. The lowest BCUT2D eigenvalue weighted by Crippen LogP contribution is -2.24. The first kappa shape index (κ1) is 8.34. The van der Waals surface area contributed by atoms with E-state index in [4.69, 9.17) is 0 Å². The molecule has 0 nitrogen and oxygen atoms in total. The number of rotatable bonds is 1. The molecule has 0 spiro atoms. The monoisotopic (exact) mass is 164 g/mol. The Labute approximate surface area is 76.1 Å². The predicted octanol–water partition coefficient (Wildman–Crippen LogP) is 3.78. The van der Waals surface area contributed by atoms with Gasteiger partial charge in [0.25, 0.3) is 0 Å². The summed E-state index contributed by atoms with van der Waals surface area (Å²) in [5.41, 5.74) is 0. The molecule has 0 bridgehead atoms. The number of hydrogen-bond donors (Lipinski definition) is 0. The van der Waals surface area contributed by atoms with Gasteiger partial charge in [0, 0.05) is 0 Å². The lowest BCUT2D eigenvalue weighted by atomic mass is 9.70. The molecule has 2 aliphatic rings. The van der Waals surface area contributed by atoms with E-state index in [0.717, 1.165) is 17.8 Å². The first-order valence-electron chi connectivity index (χ1n) is 5.56. The van der Waals surface area contributed by atoms with Crippen LogP contribution in [0, 0.1) is 17.8 Å². The standard InChI is InChI=1S/C12H20/c1-2-10-7-8-11-5-3-4-6-12(11)9-10/h4,6,10-12H,2-3,5,7-9H2,1H3. The maximum atomic E-state index is 2.50. The molecular formula is C12H20. The molecular weight excluding hydrogens is 144 g/mol. The zero-order chi connectivity index (χ0) is 8.39. The van der Waals surface area contributed by atoms with Gasteiger partial charge in [0.15, 0.2) is 0 Å². The van der Waals surface area contributed by atoms with Crippen LogP contribution in [0.2, 0.25) is 0 Å². The van der Waals surface area contributed by atoms with E-state index < -0.39 is 0 Å². The van der Waals surface area contributed by atoms with Gasteiger partial charge in [-0.3, -0.25) is 0 Å². The third-order valence-electron chi connectivity index (χ3n) is 3.82. The van der Waals surface area contributed by atoms with Gasteiger partial charge >= 0.3 is 0 Å². The molecule has 0 radical (unpaired) electrons. The van der Waals surface area contributed by atoms with Crippen LogP contribution >= 0.6 is 0 Å². The minimum absolute atomic E-state index is 0.956. The summed E-state index contributed by atoms with van der Waals surface area (Å²) in [6.45, 7) is 2.34. The van der Waals surface area contributed by atoms with E-state index in [1.165, 1.54) is 38.5 Å². The van der Waals surface area contributed by atoms with Crippen molar-refractivity contribution in [2.45, 2.75) is 45.4 Å². The maximum Gasteiger partial charge on any atom is -0.0202 e. The number of allylic oxidation sites excluding steroid dienone is 2. The Morgan fingerprint density at radius 2 is 2.17 bits per heavy atom. The molecule has 1 saturated carbocycles. The highest BCUT2D eigenvalue weighted by atomic mass is 14.3. The van der Waals surface area contributed by atoms with Crippen molar-refractivity contribution in [2.24, 2.45) is 17.8 Å². The van der Waals surface area contributed by atoms with E-state index in [-0.39, 0.29) is 0 Å². The minimum Gasteiger partial charge on any atom is -0.0882 e. The highest BCUT2D eigenvalue weighted by Gasteiger charge is 2.28. The second-order valence-corrected chi connectivity index (χ2v) is 4.52. The molecule has 0 aromatic heterocycles. The van der Waals surface area contributed by atoms with E-state index in [1.54, 1.807) is 0 Å². The molecule has 3 unspecified atom stereocenters. The van der Waals surface area contributed by atoms with Gasteiger partial charge < -0.3 is 0 Å². The van der Waals surface area contributed by atoms with Gasteiger partial charge in [-0.25, -0.2) is 0 Å². The SMILES string of the molecule is CCC1CCC2CCC=CC2C1. The summed E-state index contributed by atoms with van der Waals surface area (Å²) in [5, 5.41) is 0. The molecule has 0 N–H and O–H groups in total. The van der Waals surface area contributed by atoms with E-state index in [1.807, 2.05) is 0 Å². The molecule has 0 saturated heterocycles. The molecule has 68 valence electrons. The molecule has 0 aliphatic heterocycles. The second kappa shape index (κ2) is 3.64. The Morgan fingerprint density at radius 3 is 3.00 bits per heavy atom. The summed E-state index contributed by atoms with van der Waals surface area (Å²) >= 11 is 0. The summed E-state index contributed by atoms with van der Waals surface area (Å²) < 4.78 is 0. The number of hydrogen-bond acceptors (Lipinski definition) is 0. The van der Waals surface area contributed by atoms with Gasteiger partial charge in [0.1, 0.15) is 0 Å². The molecule has 2 aliphatic carbocycles. The van der Waals surface area contributed by atoms with Gasteiger partial charge in [-0.2, -0.15) is 0 Å². The van der Waals surface area contributed by atoms with Crippen molar-refractivity contribution in [3.05, 3.63) is 12.2 Å². The fourth-order valence-electron chi connectivity index (χ4n) is 2.91. The van der Waals surface area contributed by atoms with Gasteiger partial charge in [-0.05, 0) is 43.4 Å². The van der Waals surface area contributed by atoms with E-state index in [0.29, 0.717) is 0 Å². The molecule has 12 heavy (non-hydrogen) atoms. The molecule has 0 heterocycles. The first-order chi connectivity index (χ1) is 5.90. The van der Waals surface area contributed by atoms with Crippen molar-refractivity contribution in [3.8, 4) is 0 Å². The molecule has 0 heteroatoms. The molecule has 2 rings (SSSR count). The van der Waals surface area contributed by atoms with Crippen LogP contribution in [0.1, 0.15) is 45.4 Å². The first-order valence-corrected chi connectivity index (χ1v) is 5.56. The van der Waals surface area contributed by atoms with Crippen molar-refractivity contribution in [3.63, 3.8) is 0 Å². The van der Waals surface area contributed by atoms with Crippen LogP contribution in [0.25, 0.3) is 0 Å². The third-order valence-corrected chi connectivity index (χ3v) is 3.82. The highest BCUT2D eigenvalue weighted by Crippen LogP contribution is 2.40. The van der Waals surface area contributed by atoms with Crippen LogP contribution in [0.5, 0.6) is 0 Å². The average Bonchev–Trinajstić information content (AvgIpc) is 2.17. The molecule has 0 aromatic carbocycles. The second-order valence-electron chi connectivity index (χ2n) is 4.52. The summed E-state index contributed by atoms with van der Waals surface area (Å²) in [6, 6.07) is 0. The van der Waals surface area contributed by atoms with Crippen molar-refractivity contribution in [1.29, 1.82) is 0 Å². The zero-order valence-corrected chi connectivity index (χ0v) is 8.13. The molecule has 3 atom stereocenters. The van der Waals surface area contributed by atoms with Crippen LogP contribution in [-0.4, -0.2) is 0 Å². The van der Waals surface area contributed by atoms with Crippen LogP contribution in [0.4, 0.5) is 0 Å². The van der Waals surface area contributed by atoms with Crippen molar-refractivity contribution >= 4 is 0 Å². The van der Waals surface area contributed by atoms with Crippen LogP contribution in [0.3, 0.4) is 0 Å². The van der Waals surface area contributed by atoms with E-state index in [9.17, 15) is 0 Å². The van der Waals surface area contributed by atoms with E-state index in [2.05, 4.69) is 19.1 Å². The smallest absolute Gasteiger partial charge is 0.0202 e. The van der Waals surface area contributed by atoms with Crippen LogP contribution in [0.15, 0.2) is 12.2 Å². The summed E-state index contributed by atoms with van der Waals surface area (Å²) in [7, 11) is 0. The largest absolute Gasteiger partial charge is 0.0882 e. The molecule has 1 fully saturated rings. The van der Waals surface area contributed by atoms with Gasteiger partial charge in [-0.15, -0.1) is 0 Å². The fraction of sp³-hybridized carbons (Fsp3) is 0.833. The third kappa shape index (κ3) is 1.57. The number of fused-ring (bicyclic) bond motifs is 1. The Hall–Kier alpha value is -0.260. The normalized spacial score (nSPS) is 40.9. The van der Waals surface area contributed by atoms with Gasteiger partial charge in [0.2, 0.25) is 0 Å². The fourth-order valence-corrected chi connectivity index (χ4v) is 2.91. The Kier molecular flexibility index (Phi) is 2.53. The Morgan fingerprint density at radius 1 is 1.25 bits per heavy atom. The summed E-state index contributed by atoms with van der Waals surface area (Å²) in [5.74, 6) is 3.05. The molecule has 0 amide bonds. The molecule has 0 aromatic rings. The lowest BCUT2D eigenvalue weighted by Gasteiger charge is -2.36. The predicted molar refractivity (Wildman–Crippen MR) is 53.0 cm³/mol. The van der Waals surface area contributed by atoms with Gasteiger partial charge in [-0.1, -0.05) is 31.9 Å². The average molecular weight is 164 g/mol. The van der Waals surface area contributed by atoms with Crippen molar-refractivity contribution in [2.75, 3.05) is 0 Å². The van der Waals surface area contributed by atoms with Crippen molar-refractivity contribution < 1.29 is 0 Å². The topological polar surface area (TPSA) is 0 Å². The quantitative estimate of drug-likeness (QED) is 0.517. The highest BCUT2D eigenvalue weighted by molar-refractivity contribution is 4.99. The lowest BCUT2D eigenvalue weighted by molar-refractivity contribution is 0.196.